The predicted molar refractivity (Wildman–Crippen MR) is 95.0 cm³/mol. The summed E-state index contributed by atoms with van der Waals surface area (Å²) in [6.07, 6.45) is -8.64. The molecule has 0 fully saturated rings. The zero-order valence-corrected chi connectivity index (χ0v) is 15.2. The Labute approximate surface area is 166 Å². The van der Waals surface area contributed by atoms with Crippen LogP contribution in [0.25, 0.3) is 22.3 Å². The van der Waals surface area contributed by atoms with Gasteiger partial charge in [0.1, 0.15) is 11.5 Å². The molecule has 0 saturated heterocycles. The summed E-state index contributed by atoms with van der Waals surface area (Å²) in [6.45, 7) is 0. The monoisotopic (exact) mass is 429 g/mol. The molecule has 0 atom stereocenters. The Morgan fingerprint density at radius 1 is 0.700 bits per heavy atom. The number of hydrogen-bond donors (Lipinski definition) is 0. The van der Waals surface area contributed by atoms with E-state index in [-0.39, 0.29) is 28.1 Å². The van der Waals surface area contributed by atoms with Crippen LogP contribution in [0.1, 0.15) is 0 Å². The minimum Gasteiger partial charge on any atom is -0.481 e. The van der Waals surface area contributed by atoms with Crippen molar-refractivity contribution in [3.05, 3.63) is 60.8 Å². The van der Waals surface area contributed by atoms with Crippen molar-refractivity contribution >= 4 is 0 Å². The van der Waals surface area contributed by atoms with Gasteiger partial charge in [0.15, 0.2) is 0 Å². The normalized spacial score (nSPS) is 11.8. The minimum absolute atomic E-state index is 0.00440. The summed E-state index contributed by atoms with van der Waals surface area (Å²) in [4.78, 5) is 4.03. The van der Waals surface area contributed by atoms with E-state index in [1.165, 1.54) is 55.8 Å². The number of benzene rings is 2. The molecule has 2 aromatic carbocycles. The first-order valence-electron chi connectivity index (χ1n) is 8.32. The second kappa shape index (κ2) is 8.13. The SMILES string of the molecule is COc1ncc(-c2ccccc2OC(F)(F)F)cc1-c1ccccc1OC(F)(F)F. The van der Waals surface area contributed by atoms with Crippen LogP contribution in [0.3, 0.4) is 0 Å². The summed E-state index contributed by atoms with van der Waals surface area (Å²) in [5.74, 6) is -1.03. The molecule has 0 radical (unpaired) electrons. The van der Waals surface area contributed by atoms with Crippen molar-refractivity contribution < 1.29 is 40.6 Å². The van der Waals surface area contributed by atoms with Gasteiger partial charge in [0.2, 0.25) is 5.88 Å². The van der Waals surface area contributed by atoms with E-state index in [0.29, 0.717) is 0 Å². The van der Waals surface area contributed by atoms with E-state index >= 15 is 0 Å². The zero-order valence-electron chi connectivity index (χ0n) is 15.2. The molecular weight excluding hydrogens is 416 g/mol. The number of ether oxygens (including phenoxy) is 3. The molecule has 30 heavy (non-hydrogen) atoms. The second-order valence-corrected chi connectivity index (χ2v) is 5.87. The van der Waals surface area contributed by atoms with Gasteiger partial charge in [-0.15, -0.1) is 26.3 Å². The smallest absolute Gasteiger partial charge is 0.481 e. The zero-order chi connectivity index (χ0) is 21.9. The number of alkyl halides is 6. The van der Waals surface area contributed by atoms with E-state index in [1.54, 1.807) is 0 Å². The highest BCUT2D eigenvalue weighted by Gasteiger charge is 2.33. The number of rotatable bonds is 5. The van der Waals surface area contributed by atoms with Crippen LogP contribution >= 0.6 is 0 Å². The summed E-state index contributed by atoms with van der Waals surface area (Å²) in [7, 11) is 1.26. The Balaban J connectivity index is 2.14. The molecule has 0 amide bonds. The van der Waals surface area contributed by atoms with Crippen LogP contribution in [0.2, 0.25) is 0 Å². The fraction of sp³-hybridized carbons (Fsp3) is 0.150. The molecule has 10 heteroatoms. The number of halogens is 6. The van der Waals surface area contributed by atoms with Gasteiger partial charge in [-0.1, -0.05) is 36.4 Å². The standard InChI is InChI=1S/C20H13F6NO3/c1-28-18-15(14-7-3-5-9-17(14)30-20(24,25)26)10-12(11-27-18)13-6-2-4-8-16(13)29-19(21,22)23/h2-11H,1H3. The summed E-state index contributed by atoms with van der Waals surface area (Å²) < 4.78 is 89.8. The number of methoxy groups -OCH3 is 1. The van der Waals surface area contributed by atoms with Crippen molar-refractivity contribution in [2.45, 2.75) is 12.7 Å². The third-order valence-corrected chi connectivity index (χ3v) is 3.87. The molecule has 3 rings (SSSR count). The Bertz CT molecular complexity index is 1030. The topological polar surface area (TPSA) is 40.6 Å². The van der Waals surface area contributed by atoms with Gasteiger partial charge in [0, 0.05) is 28.5 Å². The van der Waals surface area contributed by atoms with Crippen molar-refractivity contribution in [2.75, 3.05) is 7.11 Å². The molecule has 3 aromatic rings. The number of aromatic nitrogens is 1. The highest BCUT2D eigenvalue weighted by molar-refractivity contribution is 5.80. The molecule has 158 valence electrons. The lowest BCUT2D eigenvalue weighted by Crippen LogP contribution is -2.17. The molecule has 0 unspecified atom stereocenters. The number of nitrogens with zero attached hydrogens (tertiary/aromatic N) is 1. The van der Waals surface area contributed by atoms with Crippen molar-refractivity contribution in [1.82, 2.24) is 4.98 Å². The average molecular weight is 429 g/mol. The maximum atomic E-state index is 12.8. The quantitative estimate of drug-likeness (QED) is 0.452. The maximum absolute atomic E-state index is 12.8. The number of pyridine rings is 1. The molecule has 1 aromatic heterocycles. The molecular formula is C20H13F6NO3. The number of para-hydroxylation sites is 2. The van der Waals surface area contributed by atoms with Crippen LogP contribution in [0, 0.1) is 0 Å². The van der Waals surface area contributed by atoms with Crippen LogP contribution in [0.5, 0.6) is 17.4 Å². The maximum Gasteiger partial charge on any atom is 0.573 e. The van der Waals surface area contributed by atoms with E-state index in [9.17, 15) is 26.3 Å². The first kappa shape index (κ1) is 21.3. The predicted octanol–water partition coefficient (Wildman–Crippen LogP) is 6.22. The van der Waals surface area contributed by atoms with Gasteiger partial charge in [-0.05, 0) is 18.2 Å². The van der Waals surface area contributed by atoms with Crippen molar-refractivity contribution in [2.24, 2.45) is 0 Å². The summed E-state index contributed by atoms with van der Waals surface area (Å²) in [5, 5.41) is 0. The van der Waals surface area contributed by atoms with Gasteiger partial charge in [-0.2, -0.15) is 0 Å². The molecule has 0 spiro atoms. The minimum atomic E-state index is -4.94. The summed E-state index contributed by atoms with van der Waals surface area (Å²) >= 11 is 0. The van der Waals surface area contributed by atoms with Gasteiger partial charge in [-0.3, -0.25) is 0 Å². The molecule has 1 heterocycles. The van der Waals surface area contributed by atoms with Crippen LogP contribution in [0.4, 0.5) is 26.3 Å². The molecule has 4 nitrogen and oxygen atoms in total. The van der Waals surface area contributed by atoms with Gasteiger partial charge < -0.3 is 14.2 Å². The van der Waals surface area contributed by atoms with E-state index in [4.69, 9.17) is 4.74 Å². The molecule has 0 N–H and O–H groups in total. The Morgan fingerprint density at radius 2 is 1.20 bits per heavy atom. The van der Waals surface area contributed by atoms with Crippen molar-refractivity contribution in [3.63, 3.8) is 0 Å². The molecule has 0 aliphatic rings. The van der Waals surface area contributed by atoms with Crippen molar-refractivity contribution in [1.29, 1.82) is 0 Å². The molecule has 0 bridgehead atoms. The van der Waals surface area contributed by atoms with E-state index in [0.717, 1.165) is 12.1 Å². The molecule has 0 saturated carbocycles. The lowest BCUT2D eigenvalue weighted by Gasteiger charge is -2.17. The molecule has 0 aliphatic carbocycles. The highest BCUT2D eigenvalue weighted by Crippen LogP contribution is 2.41. The third kappa shape index (κ3) is 5.13. The van der Waals surface area contributed by atoms with Crippen LogP contribution < -0.4 is 14.2 Å². The fourth-order valence-corrected chi connectivity index (χ4v) is 2.78. The van der Waals surface area contributed by atoms with Gasteiger partial charge >= 0.3 is 12.7 Å². The lowest BCUT2D eigenvalue weighted by atomic mass is 10.00. The summed E-state index contributed by atoms with van der Waals surface area (Å²) in [6, 6.07) is 12.0. The Kier molecular flexibility index (Phi) is 5.77. The first-order chi connectivity index (χ1) is 14.1. The largest absolute Gasteiger partial charge is 0.573 e. The van der Waals surface area contributed by atoms with Crippen LogP contribution in [-0.4, -0.2) is 24.8 Å². The Morgan fingerprint density at radius 3 is 1.73 bits per heavy atom. The number of hydrogen-bond acceptors (Lipinski definition) is 4. The van der Waals surface area contributed by atoms with Crippen LogP contribution in [-0.2, 0) is 0 Å². The van der Waals surface area contributed by atoms with Crippen LogP contribution in [0.15, 0.2) is 60.8 Å². The second-order valence-electron chi connectivity index (χ2n) is 5.87. The van der Waals surface area contributed by atoms with E-state index in [1.807, 2.05) is 0 Å². The highest BCUT2D eigenvalue weighted by atomic mass is 19.4. The van der Waals surface area contributed by atoms with Gasteiger partial charge in [-0.25, -0.2) is 4.98 Å². The van der Waals surface area contributed by atoms with Crippen molar-refractivity contribution in [3.8, 4) is 39.6 Å². The lowest BCUT2D eigenvalue weighted by molar-refractivity contribution is -0.275. The van der Waals surface area contributed by atoms with E-state index in [2.05, 4.69) is 14.5 Å². The Hall–Kier alpha value is -3.43. The summed E-state index contributed by atoms with van der Waals surface area (Å²) in [5.41, 5.74) is 0.305. The average Bonchev–Trinajstić information content (AvgIpc) is 2.66. The third-order valence-electron chi connectivity index (χ3n) is 3.87. The first-order valence-corrected chi connectivity index (χ1v) is 8.32. The van der Waals surface area contributed by atoms with E-state index < -0.39 is 24.2 Å². The van der Waals surface area contributed by atoms with Gasteiger partial charge in [0.25, 0.3) is 0 Å². The molecule has 0 aliphatic heterocycles. The van der Waals surface area contributed by atoms with Gasteiger partial charge in [0.05, 0.1) is 7.11 Å². The fourth-order valence-electron chi connectivity index (χ4n) is 2.78.